The zero-order chi connectivity index (χ0) is 44.1. The van der Waals surface area contributed by atoms with Crippen LogP contribution in [0, 0.1) is 0 Å². The monoisotopic (exact) mass is 839 g/mol. The molecule has 1 nitrogen and oxygen atoms in total. The maximum absolute atomic E-state index is 2.55. The summed E-state index contributed by atoms with van der Waals surface area (Å²) in [4.78, 5) is 2.55. The van der Waals surface area contributed by atoms with Crippen molar-refractivity contribution >= 4 is 27.8 Å². The predicted octanol–water partition coefficient (Wildman–Crippen LogP) is 18.0. The summed E-state index contributed by atoms with van der Waals surface area (Å²) < 4.78 is 0. The zero-order valence-electron chi connectivity index (χ0n) is 38.2. The minimum absolute atomic E-state index is 0.0538. The molecule has 1 atom stereocenters. The van der Waals surface area contributed by atoms with Gasteiger partial charge in [-0.05, 0) is 127 Å². The molecule has 1 fully saturated rings. The molecule has 0 aliphatic heterocycles. The Balaban J connectivity index is 1.13. The summed E-state index contributed by atoms with van der Waals surface area (Å²) in [7, 11) is 0. The van der Waals surface area contributed by atoms with E-state index in [0.29, 0.717) is 5.92 Å². The lowest BCUT2D eigenvalue weighted by atomic mass is 9.74. The molecule has 0 heterocycles. The highest BCUT2D eigenvalue weighted by Gasteiger charge is 2.41. The van der Waals surface area contributed by atoms with Crippen LogP contribution in [0.15, 0.2) is 206 Å². The quantitative estimate of drug-likeness (QED) is 0.147. The first-order valence-electron chi connectivity index (χ1n) is 23.8. The first kappa shape index (κ1) is 40.8. The molecule has 1 saturated carbocycles. The highest BCUT2D eigenvalue weighted by molar-refractivity contribution is 6.04. The highest BCUT2D eigenvalue weighted by Crippen LogP contribution is 2.55. The normalized spacial score (nSPS) is 16.0. The number of hydrogen-bond donors (Lipinski definition) is 0. The average Bonchev–Trinajstić information content (AvgIpc) is 3.63. The van der Waals surface area contributed by atoms with Crippen LogP contribution in [0.3, 0.4) is 0 Å². The molecule has 2 aliphatic carbocycles. The minimum atomic E-state index is -0.256. The van der Waals surface area contributed by atoms with Crippen LogP contribution in [-0.4, -0.2) is 0 Å². The van der Waals surface area contributed by atoms with Crippen LogP contribution in [0.5, 0.6) is 0 Å². The van der Waals surface area contributed by atoms with Crippen LogP contribution in [0.4, 0.5) is 17.1 Å². The van der Waals surface area contributed by atoms with E-state index < -0.39 is 0 Å². The summed E-state index contributed by atoms with van der Waals surface area (Å²) in [6.07, 6.45) is 6.47. The van der Waals surface area contributed by atoms with Crippen LogP contribution < -0.4 is 4.90 Å². The SMILES string of the molecule is CC(C)(C)c1ccc(-c2ccccc2)c(N(c2ccc(-c3cccc4c3-c3ccccc3C4(C)c3ccccc3)cc2)c2ccccc2-c2cccc3cccc(C4CCCCC4)c23)c1. The van der Waals surface area contributed by atoms with E-state index in [-0.39, 0.29) is 10.8 Å². The van der Waals surface area contributed by atoms with Crippen molar-refractivity contribution in [2.45, 2.75) is 76.5 Å². The molecule has 1 unspecified atom stereocenters. The summed E-state index contributed by atoms with van der Waals surface area (Å²) in [5.41, 5.74) is 20.1. The first-order chi connectivity index (χ1) is 31.8. The molecule has 0 radical (unpaired) electrons. The number of fused-ring (bicyclic) bond motifs is 4. The van der Waals surface area contributed by atoms with E-state index in [1.54, 1.807) is 0 Å². The second-order valence-electron chi connectivity index (χ2n) is 19.6. The number of nitrogens with zero attached hydrogens (tertiary/aromatic N) is 1. The van der Waals surface area contributed by atoms with Gasteiger partial charge in [-0.15, -0.1) is 0 Å². The fourth-order valence-corrected chi connectivity index (χ4v) is 11.4. The Labute approximate surface area is 386 Å². The number of rotatable bonds is 8. The molecule has 65 heavy (non-hydrogen) atoms. The number of para-hydroxylation sites is 1. The van der Waals surface area contributed by atoms with Gasteiger partial charge >= 0.3 is 0 Å². The average molecular weight is 840 g/mol. The Hall–Kier alpha value is -6.96. The van der Waals surface area contributed by atoms with Crippen molar-refractivity contribution in [3.05, 3.63) is 234 Å². The van der Waals surface area contributed by atoms with Crippen LogP contribution in [0.2, 0.25) is 0 Å². The minimum Gasteiger partial charge on any atom is -0.309 e. The van der Waals surface area contributed by atoms with Gasteiger partial charge in [-0.1, -0.05) is 222 Å². The fourth-order valence-electron chi connectivity index (χ4n) is 11.4. The van der Waals surface area contributed by atoms with Crippen LogP contribution >= 0.6 is 0 Å². The second-order valence-corrected chi connectivity index (χ2v) is 19.6. The van der Waals surface area contributed by atoms with Crippen LogP contribution in [-0.2, 0) is 10.8 Å². The van der Waals surface area contributed by atoms with Gasteiger partial charge < -0.3 is 4.90 Å². The van der Waals surface area contributed by atoms with E-state index in [0.717, 1.165) is 5.69 Å². The van der Waals surface area contributed by atoms with Gasteiger partial charge in [0.25, 0.3) is 0 Å². The molecule has 0 aromatic heterocycles. The Morgan fingerprint density at radius 3 is 1.82 bits per heavy atom. The number of anilines is 3. The van der Waals surface area contributed by atoms with Crippen molar-refractivity contribution in [2.24, 2.45) is 0 Å². The Kier molecular flexibility index (Phi) is 10.4. The van der Waals surface area contributed by atoms with E-state index in [1.807, 2.05) is 0 Å². The lowest BCUT2D eigenvalue weighted by molar-refractivity contribution is 0.445. The Morgan fingerprint density at radius 1 is 0.462 bits per heavy atom. The third-order valence-corrected chi connectivity index (χ3v) is 14.7. The molecular formula is C64H57N. The molecule has 1 heteroatoms. The lowest BCUT2D eigenvalue weighted by Crippen LogP contribution is -2.22. The van der Waals surface area contributed by atoms with Crippen LogP contribution in [0.1, 0.15) is 93.5 Å². The predicted molar refractivity (Wildman–Crippen MR) is 277 cm³/mol. The number of hydrogen-bond acceptors (Lipinski definition) is 1. The Bertz CT molecular complexity index is 3160. The molecule has 318 valence electrons. The molecule has 11 rings (SSSR count). The molecule has 0 bridgehead atoms. The van der Waals surface area contributed by atoms with Crippen LogP contribution in [0.25, 0.3) is 55.3 Å². The zero-order valence-corrected chi connectivity index (χ0v) is 38.2. The Morgan fingerprint density at radius 2 is 1.06 bits per heavy atom. The third-order valence-electron chi connectivity index (χ3n) is 14.7. The molecule has 2 aliphatic rings. The van der Waals surface area contributed by atoms with E-state index in [1.165, 1.54) is 127 Å². The summed E-state index contributed by atoms with van der Waals surface area (Å²) in [5.74, 6) is 0.578. The lowest BCUT2D eigenvalue weighted by Gasteiger charge is -2.32. The van der Waals surface area contributed by atoms with Gasteiger partial charge in [0, 0.05) is 22.2 Å². The van der Waals surface area contributed by atoms with E-state index in [9.17, 15) is 0 Å². The van der Waals surface area contributed by atoms with Gasteiger partial charge in [0.1, 0.15) is 0 Å². The smallest absolute Gasteiger partial charge is 0.0543 e. The maximum Gasteiger partial charge on any atom is 0.0543 e. The van der Waals surface area contributed by atoms with Crippen molar-refractivity contribution in [2.75, 3.05) is 4.90 Å². The molecule has 0 spiro atoms. The highest BCUT2D eigenvalue weighted by atomic mass is 15.1. The first-order valence-corrected chi connectivity index (χ1v) is 23.8. The summed E-state index contributed by atoms with van der Waals surface area (Å²) in [5, 5.41) is 2.72. The van der Waals surface area contributed by atoms with Gasteiger partial charge in [-0.2, -0.15) is 0 Å². The topological polar surface area (TPSA) is 3.24 Å². The second kappa shape index (κ2) is 16.5. The van der Waals surface area contributed by atoms with Gasteiger partial charge in [0.05, 0.1) is 11.4 Å². The van der Waals surface area contributed by atoms with Crippen molar-refractivity contribution in [3.63, 3.8) is 0 Å². The standard InChI is InChI=1S/C64H57N/c1-63(2,3)49-39-42-51(44-21-8-5-9-22-44)60(43-49)65(59-36-17-15-29-54(59)55-33-19-26-47-25-18-31-52(61(47)55)45-23-10-6-11-24-45)50-40-37-46(38-41-50)53-32-20-35-58-62(53)56-30-14-16-34-57(56)64(58,4)48-27-12-7-13-28-48/h5,7-9,12-22,25-43,45H,6,10-11,23-24H2,1-4H3. The van der Waals surface area contributed by atoms with Gasteiger partial charge in [0.2, 0.25) is 0 Å². The molecule has 0 N–H and O–H groups in total. The van der Waals surface area contributed by atoms with Gasteiger partial charge in [0.15, 0.2) is 0 Å². The molecular weight excluding hydrogens is 783 g/mol. The molecule has 0 saturated heterocycles. The molecule has 0 amide bonds. The van der Waals surface area contributed by atoms with Crippen molar-refractivity contribution in [3.8, 4) is 44.5 Å². The molecule has 9 aromatic rings. The maximum atomic E-state index is 2.55. The summed E-state index contributed by atoms with van der Waals surface area (Å²) >= 11 is 0. The van der Waals surface area contributed by atoms with Gasteiger partial charge in [-0.25, -0.2) is 0 Å². The molecule has 9 aromatic carbocycles. The van der Waals surface area contributed by atoms with E-state index >= 15 is 0 Å². The largest absolute Gasteiger partial charge is 0.309 e. The van der Waals surface area contributed by atoms with Crippen molar-refractivity contribution in [1.29, 1.82) is 0 Å². The van der Waals surface area contributed by atoms with Crippen molar-refractivity contribution in [1.82, 2.24) is 0 Å². The fraction of sp³-hybridized carbons (Fsp3) is 0.188. The van der Waals surface area contributed by atoms with E-state index in [4.69, 9.17) is 0 Å². The third kappa shape index (κ3) is 7.10. The van der Waals surface area contributed by atoms with Gasteiger partial charge in [-0.3, -0.25) is 0 Å². The summed E-state index contributed by atoms with van der Waals surface area (Å²) in [6, 6.07) is 77.6. The van der Waals surface area contributed by atoms with Crippen molar-refractivity contribution < 1.29 is 0 Å². The van der Waals surface area contributed by atoms with E-state index in [2.05, 4.69) is 239 Å². The number of benzene rings is 9. The summed E-state index contributed by atoms with van der Waals surface area (Å²) in [6.45, 7) is 9.37.